The number of anilines is 1. The van der Waals surface area contributed by atoms with Crippen molar-refractivity contribution in [1.29, 1.82) is 0 Å². The Kier molecular flexibility index (Phi) is 8.53. The molecule has 3 aromatic carbocycles. The number of amidine groups is 1. The van der Waals surface area contributed by atoms with Crippen LogP contribution in [0.4, 0.5) is 5.69 Å². The quantitative estimate of drug-likeness (QED) is 0.452. The van der Waals surface area contributed by atoms with Gasteiger partial charge in [-0.1, -0.05) is 24.3 Å². The van der Waals surface area contributed by atoms with E-state index < -0.39 is 5.97 Å². The predicted molar refractivity (Wildman–Crippen MR) is 132 cm³/mol. The summed E-state index contributed by atoms with van der Waals surface area (Å²) in [5.41, 5.74) is 1.81. The van der Waals surface area contributed by atoms with E-state index in [1.54, 1.807) is 0 Å². The maximum absolute atomic E-state index is 12.4. The second kappa shape index (κ2) is 11.3. The predicted octanol–water partition coefficient (Wildman–Crippen LogP) is 4.21. The van der Waals surface area contributed by atoms with Crippen LogP contribution in [-0.2, 0) is 9.59 Å². The van der Waals surface area contributed by atoms with Crippen LogP contribution in [0.5, 0.6) is 5.75 Å². The Bertz CT molecular complexity index is 1200. The van der Waals surface area contributed by atoms with Crippen molar-refractivity contribution in [3.8, 4) is 5.75 Å². The van der Waals surface area contributed by atoms with Gasteiger partial charge in [0.2, 0.25) is 0 Å². The van der Waals surface area contributed by atoms with E-state index in [1.807, 2.05) is 43.3 Å². The number of carbonyl (C=O) groups is 2. The van der Waals surface area contributed by atoms with Crippen LogP contribution in [0, 0.1) is 0 Å². The number of thioether (sulfide) groups is 1. The van der Waals surface area contributed by atoms with Crippen molar-refractivity contribution in [3.05, 3.63) is 71.1 Å². The van der Waals surface area contributed by atoms with Gasteiger partial charge in [-0.2, -0.15) is 0 Å². The van der Waals surface area contributed by atoms with Gasteiger partial charge in [0.15, 0.2) is 0 Å². The number of nitrogens with one attached hydrogen (secondary N) is 1. The van der Waals surface area contributed by atoms with Crippen LogP contribution >= 0.6 is 11.8 Å². The average molecular weight is 456 g/mol. The molecule has 1 heterocycles. The van der Waals surface area contributed by atoms with Crippen molar-refractivity contribution < 1.29 is 19.4 Å². The zero-order chi connectivity index (χ0) is 23.1. The number of rotatable bonds is 4. The number of ether oxygens (including phenoxy) is 1. The number of nitrogens with zero attached hydrogens (tertiary/aromatic N) is 1. The Morgan fingerprint density at radius 3 is 2.41 bits per heavy atom. The van der Waals surface area contributed by atoms with Gasteiger partial charge in [-0.25, -0.2) is 0 Å². The monoisotopic (exact) mass is 456 g/mol. The van der Waals surface area contributed by atoms with Gasteiger partial charge < -0.3 is 5.11 Å². The summed E-state index contributed by atoms with van der Waals surface area (Å²) in [6.07, 6.45) is 1.86. The van der Waals surface area contributed by atoms with Crippen LogP contribution in [-0.4, -0.2) is 56.7 Å². The third-order valence-corrected chi connectivity index (χ3v) is 5.95. The second-order valence-corrected chi connectivity index (χ2v) is 9.20. The molecule has 0 aliphatic carbocycles. The minimum absolute atomic E-state index is 0.234. The zero-order valence-corrected chi connectivity index (χ0v) is 20.9. The van der Waals surface area contributed by atoms with Crippen LogP contribution in [0.15, 0.2) is 70.6 Å². The molecule has 1 aliphatic rings. The standard InChI is InChI=1S/C22H17N2O2S.C2H4O2.Na/c1-2-26-19-13-16-9-7-6-8-15(16)12-17(19)14-20-21(25)24-22(27-20)23-18-10-4-3-5-11-18;1-2(3)4;/h4-14H,2H2,1H3,(H,23,24,25);1H3,(H,3,4);. The topological polar surface area (TPSA) is 88.0 Å². The zero-order valence-electron chi connectivity index (χ0n) is 18.1. The number of fused-ring (bicyclic) bond motifs is 1. The molecular formula is C24H21N2NaO4S. The molecule has 2 N–H and O–H groups in total. The summed E-state index contributed by atoms with van der Waals surface area (Å²) in [4.78, 5) is 26.1. The van der Waals surface area contributed by atoms with Crippen LogP contribution in [0.2, 0.25) is 0 Å². The summed E-state index contributed by atoms with van der Waals surface area (Å²) < 4.78 is 7.13. The van der Waals surface area contributed by atoms with Crippen LogP contribution in [0.3, 0.4) is 0 Å². The molecule has 6 nitrogen and oxygen atoms in total. The van der Waals surface area contributed by atoms with Gasteiger partial charge in [0.25, 0.3) is 5.97 Å². The summed E-state index contributed by atoms with van der Waals surface area (Å²) in [5.74, 6) is -0.297. The van der Waals surface area contributed by atoms with Crippen LogP contribution in [0.25, 0.3) is 16.8 Å². The molecule has 0 fully saturated rings. The first kappa shape index (κ1) is 24.1. The number of benzene rings is 3. The maximum atomic E-state index is 12.4. The number of aliphatic imine (C=N–C) groups is 1. The molecule has 0 spiro atoms. The van der Waals surface area contributed by atoms with E-state index in [-0.39, 0.29) is 5.91 Å². The van der Waals surface area contributed by atoms with Crippen LogP contribution < -0.4 is 12.9 Å². The Balaban J connectivity index is 0.000000668. The molecule has 0 atom stereocenters. The van der Waals surface area contributed by atoms with Gasteiger partial charge in [0.1, 0.15) is 0 Å². The Labute approximate surface area is 208 Å². The van der Waals surface area contributed by atoms with Crippen molar-refractivity contribution in [2.75, 3.05) is 11.9 Å². The number of aliphatic carboxylic acids is 1. The third-order valence-electron chi connectivity index (χ3n) is 4.39. The molecule has 0 unspecified atom stereocenters. The van der Waals surface area contributed by atoms with Gasteiger partial charge in [-0.05, 0) is 12.3 Å². The summed E-state index contributed by atoms with van der Waals surface area (Å²) >= 11 is 2.37. The number of amides is 1. The molecule has 0 saturated carbocycles. The molecule has 32 heavy (non-hydrogen) atoms. The van der Waals surface area contributed by atoms with E-state index in [1.165, 1.54) is 14.6 Å². The first-order valence-corrected chi connectivity index (χ1v) is 11.9. The number of hydrogen-bond acceptors (Lipinski definition) is 5. The molecule has 3 aromatic rings. The Hall–Kier alpha value is -2.58. The van der Waals surface area contributed by atoms with E-state index >= 15 is 0 Å². The van der Waals surface area contributed by atoms with E-state index in [2.05, 4.69) is 40.6 Å². The summed E-state index contributed by atoms with van der Waals surface area (Å²) in [6.45, 7) is 3.60. The summed E-state index contributed by atoms with van der Waals surface area (Å²) in [7, 11) is 0. The number of carboxylic acids is 1. The Morgan fingerprint density at radius 2 is 1.78 bits per heavy atom. The fourth-order valence-corrected chi connectivity index (χ4v) is 4.15. The molecule has 0 aromatic heterocycles. The number of carboxylic acid groups (broad SMARTS) is 1. The molecule has 4 rings (SSSR count). The van der Waals surface area contributed by atoms with Crippen molar-refractivity contribution >= 4 is 82.1 Å². The molecule has 1 amide bonds. The fourth-order valence-electron chi connectivity index (χ4n) is 2.99. The van der Waals surface area contributed by atoms with Gasteiger partial charge in [0, 0.05) is 6.92 Å². The SMILES string of the molecule is CC(=O)O.CCOc1cc2ccccc2cc1C=C1SC(Nc2cc[c]([Na])cc2)=NC1=O. The van der Waals surface area contributed by atoms with E-state index in [9.17, 15) is 4.79 Å². The van der Waals surface area contributed by atoms with Crippen molar-refractivity contribution in [1.82, 2.24) is 0 Å². The molecule has 158 valence electrons. The normalized spacial score (nSPS) is 14.1. The molecule has 0 bridgehead atoms. The first-order valence-electron chi connectivity index (χ1n) is 10.1. The van der Waals surface area contributed by atoms with Gasteiger partial charge >= 0.3 is 143 Å². The van der Waals surface area contributed by atoms with E-state index in [0.717, 1.165) is 62.6 Å². The molecule has 0 radical (unpaired) electrons. The van der Waals surface area contributed by atoms with Crippen molar-refractivity contribution in [2.24, 2.45) is 4.99 Å². The van der Waals surface area contributed by atoms with Crippen LogP contribution in [0.1, 0.15) is 19.4 Å². The minimum atomic E-state index is -0.833. The fraction of sp³-hybridized carbons (Fsp3) is 0.125. The number of hydrogen-bond donors (Lipinski definition) is 2. The van der Waals surface area contributed by atoms with Crippen molar-refractivity contribution in [2.45, 2.75) is 13.8 Å². The third kappa shape index (κ3) is 6.71. The Morgan fingerprint density at radius 1 is 1.16 bits per heavy atom. The summed E-state index contributed by atoms with van der Waals surface area (Å²) in [6, 6.07) is 20.4. The summed E-state index contributed by atoms with van der Waals surface area (Å²) in [5, 5.41) is 13.4. The molecule has 0 saturated heterocycles. The van der Waals surface area contributed by atoms with Gasteiger partial charge in [-0.3, -0.25) is 4.79 Å². The molecule has 1 aliphatic heterocycles. The molecule has 8 heteroatoms. The van der Waals surface area contributed by atoms with Gasteiger partial charge in [0.05, 0.1) is 6.61 Å². The van der Waals surface area contributed by atoms with E-state index in [0.29, 0.717) is 16.7 Å². The first-order chi connectivity index (χ1) is 15.4. The van der Waals surface area contributed by atoms with E-state index in [4.69, 9.17) is 14.6 Å². The second-order valence-electron chi connectivity index (χ2n) is 7.01. The van der Waals surface area contributed by atoms with Crippen molar-refractivity contribution in [3.63, 3.8) is 0 Å². The molecular weight excluding hydrogens is 435 g/mol. The van der Waals surface area contributed by atoms with Gasteiger partial charge in [-0.15, -0.1) is 0 Å². The average Bonchev–Trinajstić information content (AvgIpc) is 3.08. The number of carbonyl (C=O) groups excluding carboxylic acids is 1.